The second kappa shape index (κ2) is 4.71. The number of carbonyl (C=O) groups is 2. The Kier molecular flexibility index (Phi) is 3.76. The highest BCUT2D eigenvalue weighted by atomic mass is 19.3. The van der Waals surface area contributed by atoms with Crippen molar-refractivity contribution in [1.29, 1.82) is 0 Å². The van der Waals surface area contributed by atoms with Crippen LogP contribution in [0.3, 0.4) is 0 Å². The number of hydrogen-bond acceptors (Lipinski definition) is 5. The van der Waals surface area contributed by atoms with Crippen LogP contribution in [0.2, 0.25) is 0 Å². The van der Waals surface area contributed by atoms with Crippen molar-refractivity contribution in [3.8, 4) is 0 Å². The van der Waals surface area contributed by atoms with E-state index in [9.17, 15) is 18.4 Å². The molecule has 1 amide bonds. The van der Waals surface area contributed by atoms with Crippen LogP contribution in [0.15, 0.2) is 0 Å². The van der Waals surface area contributed by atoms with Gasteiger partial charge in [0.2, 0.25) is 5.91 Å². The number of alkyl halides is 2. The number of nitrogens with one attached hydrogen (secondary N) is 1. The number of esters is 1. The molecule has 1 rings (SSSR count). The van der Waals surface area contributed by atoms with Crippen LogP contribution in [0.4, 0.5) is 8.78 Å². The Morgan fingerprint density at radius 3 is 2.81 bits per heavy atom. The fourth-order valence-electron chi connectivity index (χ4n) is 1.24. The summed E-state index contributed by atoms with van der Waals surface area (Å²) in [6.45, 7) is -0.235. The molecule has 1 aliphatic rings. The predicted octanol–water partition coefficient (Wildman–Crippen LogP) is -1.63. The second-order valence-corrected chi connectivity index (χ2v) is 3.51. The molecule has 16 heavy (non-hydrogen) atoms. The van der Waals surface area contributed by atoms with Crippen LogP contribution >= 0.6 is 0 Å². The van der Waals surface area contributed by atoms with Crippen LogP contribution in [0.1, 0.15) is 6.42 Å². The largest absolute Gasteiger partial charge is 0.456 e. The van der Waals surface area contributed by atoms with E-state index in [2.05, 4.69) is 10.1 Å². The first-order chi connectivity index (χ1) is 7.33. The van der Waals surface area contributed by atoms with Crippen LogP contribution in [0.5, 0.6) is 0 Å². The van der Waals surface area contributed by atoms with E-state index in [1.54, 1.807) is 0 Å². The maximum atomic E-state index is 12.7. The highest BCUT2D eigenvalue weighted by molar-refractivity contribution is 5.79. The number of rotatable bonds is 5. The minimum atomic E-state index is -3.45. The molecule has 6 nitrogen and oxygen atoms in total. The molecule has 1 fully saturated rings. The first-order valence-corrected chi connectivity index (χ1v) is 4.60. The fourth-order valence-corrected chi connectivity index (χ4v) is 1.24. The Morgan fingerprint density at radius 2 is 2.38 bits per heavy atom. The molecule has 92 valence electrons. The number of aliphatic hydroxyl groups excluding tert-OH is 1. The van der Waals surface area contributed by atoms with Gasteiger partial charge in [-0.15, -0.1) is 0 Å². The summed E-state index contributed by atoms with van der Waals surface area (Å²) in [7, 11) is 0. The Balaban J connectivity index is 2.26. The summed E-state index contributed by atoms with van der Waals surface area (Å²) in [5, 5.41) is 11.5. The Hall–Kier alpha value is -1.28. The number of aliphatic hydroxyl groups is 1. The summed E-state index contributed by atoms with van der Waals surface area (Å²) in [5.41, 5.74) is 4.76. The van der Waals surface area contributed by atoms with Gasteiger partial charge < -0.3 is 20.9 Å². The van der Waals surface area contributed by atoms with Crippen molar-refractivity contribution in [3.05, 3.63) is 0 Å². The van der Waals surface area contributed by atoms with Gasteiger partial charge in [0.15, 0.2) is 0 Å². The lowest BCUT2D eigenvalue weighted by Crippen LogP contribution is -2.40. The van der Waals surface area contributed by atoms with Crippen molar-refractivity contribution in [2.24, 2.45) is 5.73 Å². The molecule has 0 saturated carbocycles. The van der Waals surface area contributed by atoms with Gasteiger partial charge >= 0.3 is 11.9 Å². The van der Waals surface area contributed by atoms with E-state index in [1.165, 1.54) is 0 Å². The van der Waals surface area contributed by atoms with E-state index in [1.807, 2.05) is 0 Å². The van der Waals surface area contributed by atoms with Crippen LogP contribution in [0.25, 0.3) is 0 Å². The number of nitrogens with two attached hydrogens (primary N) is 1. The molecule has 0 spiro atoms. The van der Waals surface area contributed by atoms with Gasteiger partial charge in [0.1, 0.15) is 12.2 Å². The number of halogens is 2. The predicted molar refractivity (Wildman–Crippen MR) is 47.5 cm³/mol. The topological polar surface area (TPSA) is 102 Å². The van der Waals surface area contributed by atoms with Crippen molar-refractivity contribution in [1.82, 2.24) is 5.32 Å². The van der Waals surface area contributed by atoms with Crippen molar-refractivity contribution in [2.75, 3.05) is 13.1 Å². The molecule has 8 heteroatoms. The lowest BCUT2D eigenvalue weighted by Gasteiger charge is -2.11. The molecule has 1 saturated heterocycles. The number of hydrogen-bond donors (Lipinski definition) is 3. The fraction of sp³-hybridized carbons (Fsp3) is 0.750. The number of carbonyl (C=O) groups excluding carboxylic acids is 2. The minimum Gasteiger partial charge on any atom is -0.456 e. The molecule has 0 aromatic rings. The van der Waals surface area contributed by atoms with Gasteiger partial charge in [0.25, 0.3) is 0 Å². The number of cyclic esters (lactones) is 1. The van der Waals surface area contributed by atoms with E-state index >= 15 is 0 Å². The summed E-state index contributed by atoms with van der Waals surface area (Å²) in [5.74, 6) is -5.91. The van der Waals surface area contributed by atoms with Crippen LogP contribution in [-0.4, -0.2) is 48.2 Å². The number of ether oxygens (including phenoxy) is 1. The zero-order valence-electron chi connectivity index (χ0n) is 8.28. The molecule has 0 radical (unpaired) electrons. The zero-order chi connectivity index (χ0) is 12.3. The summed E-state index contributed by atoms with van der Waals surface area (Å²) in [6.07, 6.45) is -3.05. The summed E-state index contributed by atoms with van der Waals surface area (Å²) in [4.78, 5) is 21.0. The molecular weight excluding hydrogens is 226 g/mol. The Labute approximate surface area is 89.7 Å². The van der Waals surface area contributed by atoms with Crippen LogP contribution < -0.4 is 11.1 Å². The average Bonchev–Trinajstić information content (AvgIpc) is 2.40. The highest BCUT2D eigenvalue weighted by Gasteiger charge is 2.50. The van der Waals surface area contributed by atoms with Crippen molar-refractivity contribution < 1.29 is 28.2 Å². The maximum absolute atomic E-state index is 12.7. The Morgan fingerprint density at radius 1 is 1.75 bits per heavy atom. The monoisotopic (exact) mass is 238 g/mol. The molecule has 4 N–H and O–H groups in total. The zero-order valence-corrected chi connectivity index (χ0v) is 8.28. The maximum Gasteiger partial charge on any atom is 0.377 e. The summed E-state index contributed by atoms with van der Waals surface area (Å²) < 4.78 is 29.7. The first kappa shape index (κ1) is 12.8. The SMILES string of the molecule is NC(=O)C(O)CNCC1CC(F)(F)C(=O)O1. The van der Waals surface area contributed by atoms with E-state index in [0.717, 1.165) is 0 Å². The van der Waals surface area contributed by atoms with Crippen LogP contribution in [0, 0.1) is 0 Å². The third-order valence-electron chi connectivity index (χ3n) is 2.09. The van der Waals surface area contributed by atoms with Gasteiger partial charge in [-0.05, 0) is 0 Å². The van der Waals surface area contributed by atoms with Gasteiger partial charge in [-0.25, -0.2) is 4.79 Å². The third kappa shape index (κ3) is 3.11. The molecule has 0 bridgehead atoms. The van der Waals surface area contributed by atoms with Gasteiger partial charge in [-0.1, -0.05) is 0 Å². The van der Waals surface area contributed by atoms with E-state index < -0.39 is 36.4 Å². The van der Waals surface area contributed by atoms with Crippen molar-refractivity contribution >= 4 is 11.9 Å². The van der Waals surface area contributed by atoms with E-state index in [4.69, 9.17) is 10.8 Å². The minimum absolute atomic E-state index is 0.0638. The van der Waals surface area contributed by atoms with Gasteiger partial charge in [-0.2, -0.15) is 8.78 Å². The third-order valence-corrected chi connectivity index (χ3v) is 2.09. The number of primary amides is 1. The molecule has 2 unspecified atom stereocenters. The standard InChI is InChI=1S/C8H12F2N2O4/c9-8(10)1-4(16-7(8)15)2-12-3-5(13)6(11)14/h4-5,12-13H,1-3H2,(H2,11,14). The molecular formula is C8H12F2N2O4. The lowest BCUT2D eigenvalue weighted by molar-refractivity contribution is -0.159. The molecule has 1 heterocycles. The molecule has 0 aromatic heterocycles. The van der Waals surface area contributed by atoms with Crippen molar-refractivity contribution in [2.45, 2.75) is 24.6 Å². The van der Waals surface area contributed by atoms with E-state index in [-0.39, 0.29) is 13.1 Å². The average molecular weight is 238 g/mol. The summed E-state index contributed by atoms with van der Waals surface area (Å²) >= 11 is 0. The molecule has 2 atom stereocenters. The van der Waals surface area contributed by atoms with E-state index in [0.29, 0.717) is 0 Å². The Bertz CT molecular complexity index is 298. The number of amides is 1. The summed E-state index contributed by atoms with van der Waals surface area (Å²) in [6, 6.07) is 0. The van der Waals surface area contributed by atoms with Gasteiger partial charge in [0, 0.05) is 13.1 Å². The smallest absolute Gasteiger partial charge is 0.377 e. The highest BCUT2D eigenvalue weighted by Crippen LogP contribution is 2.30. The van der Waals surface area contributed by atoms with Gasteiger partial charge in [0.05, 0.1) is 6.42 Å². The first-order valence-electron chi connectivity index (χ1n) is 4.60. The molecule has 0 aliphatic carbocycles. The molecule has 1 aliphatic heterocycles. The van der Waals surface area contributed by atoms with Gasteiger partial charge in [-0.3, -0.25) is 4.79 Å². The van der Waals surface area contributed by atoms with Crippen molar-refractivity contribution in [3.63, 3.8) is 0 Å². The quantitative estimate of drug-likeness (QED) is 0.499. The normalized spacial score (nSPS) is 25.2. The second-order valence-electron chi connectivity index (χ2n) is 3.51. The lowest BCUT2D eigenvalue weighted by atomic mass is 10.2. The molecule has 0 aromatic carbocycles. The van der Waals surface area contributed by atoms with Crippen LogP contribution in [-0.2, 0) is 14.3 Å².